The average Bonchev–Trinajstić information content (AvgIpc) is 2.60. The van der Waals surface area contributed by atoms with Crippen LogP contribution in [0.3, 0.4) is 0 Å². The van der Waals surface area contributed by atoms with E-state index < -0.39 is 0 Å². The van der Waals surface area contributed by atoms with Crippen molar-refractivity contribution in [2.24, 2.45) is 5.92 Å². The second kappa shape index (κ2) is 7.93. The number of rotatable bonds is 6. The Morgan fingerprint density at radius 3 is 2.92 bits per heavy atom. The maximum atomic E-state index is 12.1. The first-order valence-electron chi connectivity index (χ1n) is 8.25. The molecule has 1 aromatic heterocycles. The minimum Gasteiger partial charge on any atom is -0.493 e. The number of amides is 1. The highest BCUT2D eigenvalue weighted by Crippen LogP contribution is 2.26. The van der Waals surface area contributed by atoms with E-state index in [2.05, 4.69) is 16.4 Å². The molecule has 0 spiro atoms. The van der Waals surface area contributed by atoms with Crippen molar-refractivity contribution in [2.75, 3.05) is 26.7 Å². The molecule has 0 radical (unpaired) electrons. The number of aromatic nitrogens is 1. The Labute approximate surface area is 142 Å². The minimum atomic E-state index is 0.0467. The van der Waals surface area contributed by atoms with Crippen LogP contribution in [-0.4, -0.2) is 42.5 Å². The summed E-state index contributed by atoms with van der Waals surface area (Å²) in [6.45, 7) is 2.42. The highest BCUT2D eigenvalue weighted by Gasteiger charge is 2.20. The molecule has 1 aliphatic rings. The quantitative estimate of drug-likeness (QED) is 0.881. The molecule has 0 aliphatic carbocycles. The van der Waals surface area contributed by atoms with Crippen LogP contribution in [0.5, 0.6) is 5.75 Å². The zero-order chi connectivity index (χ0) is 16.8. The molecule has 126 valence electrons. The van der Waals surface area contributed by atoms with Crippen molar-refractivity contribution in [3.05, 3.63) is 59.9 Å². The number of ether oxygens (including phenoxy) is 1. The first-order chi connectivity index (χ1) is 11.7. The summed E-state index contributed by atoms with van der Waals surface area (Å²) in [6.07, 6.45) is 4.48. The van der Waals surface area contributed by atoms with E-state index in [1.165, 1.54) is 5.56 Å². The molecule has 0 unspecified atom stereocenters. The monoisotopic (exact) mass is 325 g/mol. The van der Waals surface area contributed by atoms with Gasteiger partial charge in [0.05, 0.1) is 13.2 Å². The van der Waals surface area contributed by atoms with Gasteiger partial charge in [0.1, 0.15) is 5.75 Å². The van der Waals surface area contributed by atoms with Gasteiger partial charge < -0.3 is 10.1 Å². The van der Waals surface area contributed by atoms with Crippen molar-refractivity contribution in [3.63, 3.8) is 0 Å². The molecular formula is C19H23N3O2. The molecule has 2 aromatic rings. The lowest BCUT2D eigenvalue weighted by Crippen LogP contribution is -2.39. The van der Waals surface area contributed by atoms with Crippen LogP contribution in [0.15, 0.2) is 48.8 Å². The van der Waals surface area contributed by atoms with Gasteiger partial charge >= 0.3 is 0 Å². The summed E-state index contributed by atoms with van der Waals surface area (Å²) < 4.78 is 5.76. The van der Waals surface area contributed by atoms with E-state index in [1.54, 1.807) is 12.4 Å². The first kappa shape index (κ1) is 16.5. The highest BCUT2D eigenvalue weighted by atomic mass is 16.5. The standard InChI is InChI=1S/C19H23N3O2/c1-22(12-15-6-8-20-9-7-15)13-19(23)21-11-16-10-17-4-2-3-5-18(17)24-14-16/h2-9,16H,10-14H2,1H3,(H,21,23)/t16-/m0/s1. The summed E-state index contributed by atoms with van der Waals surface area (Å²) in [4.78, 5) is 18.1. The van der Waals surface area contributed by atoms with Crippen molar-refractivity contribution in [2.45, 2.75) is 13.0 Å². The van der Waals surface area contributed by atoms with Gasteiger partial charge in [0.15, 0.2) is 0 Å². The van der Waals surface area contributed by atoms with E-state index in [9.17, 15) is 4.79 Å². The lowest BCUT2D eigenvalue weighted by Gasteiger charge is -2.25. The molecule has 0 saturated heterocycles. The third-order valence-corrected chi connectivity index (χ3v) is 4.16. The molecule has 0 saturated carbocycles. The zero-order valence-electron chi connectivity index (χ0n) is 13.9. The molecular weight excluding hydrogens is 302 g/mol. The van der Waals surface area contributed by atoms with Crippen LogP contribution >= 0.6 is 0 Å². The molecule has 5 heteroatoms. The molecule has 1 N–H and O–H groups in total. The van der Waals surface area contributed by atoms with Crippen LogP contribution in [0.1, 0.15) is 11.1 Å². The fourth-order valence-electron chi connectivity index (χ4n) is 2.94. The van der Waals surface area contributed by atoms with Crippen molar-refractivity contribution in [3.8, 4) is 5.75 Å². The normalized spacial score (nSPS) is 16.3. The van der Waals surface area contributed by atoms with E-state index in [1.807, 2.05) is 42.3 Å². The largest absolute Gasteiger partial charge is 0.493 e. The van der Waals surface area contributed by atoms with E-state index in [4.69, 9.17) is 4.74 Å². The molecule has 1 atom stereocenters. The summed E-state index contributed by atoms with van der Waals surface area (Å²) >= 11 is 0. The fourth-order valence-corrected chi connectivity index (χ4v) is 2.94. The SMILES string of the molecule is CN(CC(=O)NC[C@H]1COc2ccccc2C1)Cc1ccncc1. The first-order valence-corrected chi connectivity index (χ1v) is 8.25. The van der Waals surface area contributed by atoms with Crippen LogP contribution in [0.25, 0.3) is 0 Å². The summed E-state index contributed by atoms with van der Waals surface area (Å²) in [6, 6.07) is 12.0. The van der Waals surface area contributed by atoms with Crippen molar-refractivity contribution < 1.29 is 9.53 Å². The Kier molecular flexibility index (Phi) is 5.43. The molecule has 24 heavy (non-hydrogen) atoms. The zero-order valence-corrected chi connectivity index (χ0v) is 13.9. The molecule has 5 nitrogen and oxygen atoms in total. The maximum Gasteiger partial charge on any atom is 0.234 e. The van der Waals surface area contributed by atoms with E-state index in [0.29, 0.717) is 25.6 Å². The van der Waals surface area contributed by atoms with Crippen LogP contribution in [0, 0.1) is 5.92 Å². The Morgan fingerprint density at radius 1 is 1.29 bits per heavy atom. The highest BCUT2D eigenvalue weighted by molar-refractivity contribution is 5.77. The molecule has 1 aliphatic heterocycles. The second-order valence-electron chi connectivity index (χ2n) is 6.32. The molecule has 1 aromatic carbocycles. The predicted molar refractivity (Wildman–Crippen MR) is 92.7 cm³/mol. The van der Waals surface area contributed by atoms with E-state index in [-0.39, 0.29) is 5.91 Å². The van der Waals surface area contributed by atoms with Crippen LogP contribution in [-0.2, 0) is 17.8 Å². The molecule has 3 rings (SSSR count). The van der Waals surface area contributed by atoms with Gasteiger partial charge in [-0.15, -0.1) is 0 Å². The van der Waals surface area contributed by atoms with Gasteiger partial charge in [0.25, 0.3) is 0 Å². The number of benzene rings is 1. The van der Waals surface area contributed by atoms with Gasteiger partial charge in [-0.05, 0) is 42.8 Å². The topological polar surface area (TPSA) is 54.5 Å². The summed E-state index contributed by atoms with van der Waals surface area (Å²) in [5.74, 6) is 1.34. The van der Waals surface area contributed by atoms with E-state index >= 15 is 0 Å². The fraction of sp³-hybridized carbons (Fsp3) is 0.368. The van der Waals surface area contributed by atoms with Gasteiger partial charge in [0.2, 0.25) is 5.91 Å². The Bertz CT molecular complexity index is 675. The Morgan fingerprint density at radius 2 is 2.08 bits per heavy atom. The molecule has 1 amide bonds. The minimum absolute atomic E-state index is 0.0467. The number of nitrogens with zero attached hydrogens (tertiary/aromatic N) is 2. The number of para-hydroxylation sites is 1. The lowest BCUT2D eigenvalue weighted by atomic mass is 9.97. The molecule has 0 bridgehead atoms. The Balaban J connectivity index is 1.41. The number of carbonyl (C=O) groups excluding carboxylic acids is 1. The summed E-state index contributed by atoms with van der Waals surface area (Å²) in [5.41, 5.74) is 2.37. The average molecular weight is 325 g/mol. The number of nitrogens with one attached hydrogen (secondary N) is 1. The third-order valence-electron chi connectivity index (χ3n) is 4.16. The molecule has 2 heterocycles. The number of hydrogen-bond acceptors (Lipinski definition) is 4. The van der Waals surface area contributed by atoms with E-state index in [0.717, 1.165) is 24.3 Å². The van der Waals surface area contributed by atoms with Crippen LogP contribution in [0.2, 0.25) is 0 Å². The number of carbonyl (C=O) groups is 1. The van der Waals surface area contributed by atoms with Crippen molar-refractivity contribution in [1.29, 1.82) is 0 Å². The van der Waals surface area contributed by atoms with Crippen LogP contribution in [0.4, 0.5) is 0 Å². The third kappa shape index (κ3) is 4.55. The number of pyridine rings is 1. The van der Waals surface area contributed by atoms with Crippen molar-refractivity contribution in [1.82, 2.24) is 15.2 Å². The number of hydrogen-bond donors (Lipinski definition) is 1. The maximum absolute atomic E-state index is 12.1. The summed E-state index contributed by atoms with van der Waals surface area (Å²) in [7, 11) is 1.94. The Hall–Kier alpha value is -2.40. The summed E-state index contributed by atoms with van der Waals surface area (Å²) in [5, 5.41) is 3.03. The predicted octanol–water partition coefficient (Wildman–Crippen LogP) is 1.88. The lowest BCUT2D eigenvalue weighted by molar-refractivity contribution is -0.122. The second-order valence-corrected chi connectivity index (χ2v) is 6.32. The van der Waals surface area contributed by atoms with Gasteiger partial charge in [-0.25, -0.2) is 0 Å². The van der Waals surface area contributed by atoms with Crippen LogP contribution < -0.4 is 10.1 Å². The van der Waals surface area contributed by atoms with Gasteiger partial charge in [-0.3, -0.25) is 14.7 Å². The number of likely N-dealkylation sites (N-methyl/N-ethyl adjacent to an activating group) is 1. The van der Waals surface area contributed by atoms with Crippen molar-refractivity contribution >= 4 is 5.91 Å². The van der Waals surface area contributed by atoms with Gasteiger partial charge in [-0.2, -0.15) is 0 Å². The smallest absolute Gasteiger partial charge is 0.234 e. The number of fused-ring (bicyclic) bond motifs is 1. The van der Waals surface area contributed by atoms with Gasteiger partial charge in [0, 0.05) is 31.4 Å². The van der Waals surface area contributed by atoms with Gasteiger partial charge in [-0.1, -0.05) is 18.2 Å². The molecule has 0 fully saturated rings.